The Hall–Kier alpha value is -0.650. The number of hydrogen-bond donors (Lipinski definition) is 2. The van der Waals surface area contributed by atoms with Crippen molar-refractivity contribution in [1.29, 1.82) is 0 Å². The van der Waals surface area contributed by atoms with Gasteiger partial charge in [-0.15, -0.1) is 12.4 Å². The summed E-state index contributed by atoms with van der Waals surface area (Å²) in [4.78, 5) is 11.9. The van der Waals surface area contributed by atoms with E-state index in [-0.39, 0.29) is 30.2 Å². The van der Waals surface area contributed by atoms with Crippen LogP contribution in [0.1, 0.15) is 24.8 Å². The van der Waals surface area contributed by atoms with Gasteiger partial charge in [-0.05, 0) is 43.1 Å². The van der Waals surface area contributed by atoms with Crippen LogP contribution in [0, 0.1) is 5.82 Å². The minimum Gasteiger partial charge on any atom is -0.351 e. The summed E-state index contributed by atoms with van der Waals surface area (Å²) in [5.41, 5.74) is 0.749. The van der Waals surface area contributed by atoms with Crippen molar-refractivity contribution < 1.29 is 9.18 Å². The molecule has 0 radical (unpaired) electrons. The number of carbonyl (C=O) groups excluding carboxylic acids is 1. The highest BCUT2D eigenvalue weighted by Gasteiger charge is 2.20. The third kappa shape index (κ3) is 4.75. The average Bonchev–Trinajstić information content (AvgIpc) is 2.40. The lowest BCUT2D eigenvalue weighted by Crippen LogP contribution is -2.46. The van der Waals surface area contributed by atoms with Gasteiger partial charge >= 0.3 is 0 Å². The number of nitrogens with one attached hydrogen (secondary N) is 2. The van der Waals surface area contributed by atoms with E-state index in [9.17, 15) is 9.18 Å². The van der Waals surface area contributed by atoms with Crippen molar-refractivity contribution in [2.75, 3.05) is 6.54 Å². The van der Waals surface area contributed by atoms with Gasteiger partial charge in [-0.3, -0.25) is 4.79 Å². The zero-order chi connectivity index (χ0) is 13.0. The van der Waals surface area contributed by atoms with Crippen LogP contribution in [0.4, 0.5) is 4.39 Å². The summed E-state index contributed by atoms with van der Waals surface area (Å²) in [7, 11) is 0. The molecule has 6 heteroatoms. The summed E-state index contributed by atoms with van der Waals surface area (Å²) in [6.45, 7) is 1.23. The summed E-state index contributed by atoms with van der Waals surface area (Å²) in [5.74, 6) is -0.302. The monoisotopic (exact) mass is 350 g/mol. The van der Waals surface area contributed by atoms with Gasteiger partial charge in [0.25, 0.3) is 0 Å². The van der Waals surface area contributed by atoms with E-state index in [1.165, 1.54) is 12.1 Å². The van der Waals surface area contributed by atoms with Gasteiger partial charge < -0.3 is 10.6 Å². The lowest BCUT2D eigenvalue weighted by atomic mass is 10.0. The Balaban J connectivity index is 0.00000180. The van der Waals surface area contributed by atoms with Crippen LogP contribution in [-0.4, -0.2) is 18.5 Å². The fourth-order valence-electron chi connectivity index (χ4n) is 2.06. The molecule has 2 rings (SSSR count). The van der Waals surface area contributed by atoms with Crippen LogP contribution >= 0.6 is 28.3 Å². The first-order valence-electron chi connectivity index (χ1n) is 6.12. The van der Waals surface area contributed by atoms with Crippen molar-refractivity contribution in [3.8, 4) is 0 Å². The van der Waals surface area contributed by atoms with Crippen molar-refractivity contribution >= 4 is 34.2 Å². The number of rotatable bonds is 3. The zero-order valence-electron chi connectivity index (χ0n) is 10.4. The first-order chi connectivity index (χ1) is 8.66. The van der Waals surface area contributed by atoms with E-state index < -0.39 is 0 Å². The number of hydrogen-bond acceptors (Lipinski definition) is 2. The van der Waals surface area contributed by atoms with E-state index in [1.807, 2.05) is 0 Å². The first kappa shape index (κ1) is 16.4. The van der Waals surface area contributed by atoms with Gasteiger partial charge in [0.05, 0.1) is 6.04 Å². The molecule has 1 aliphatic rings. The molecular formula is C13H17BrClFN2O. The minimum atomic E-state index is -0.293. The summed E-state index contributed by atoms with van der Waals surface area (Å²) in [6, 6.07) is 4.36. The van der Waals surface area contributed by atoms with Crippen LogP contribution in [0.25, 0.3) is 0 Å². The molecule has 0 bridgehead atoms. The Morgan fingerprint density at radius 3 is 2.95 bits per heavy atom. The molecule has 106 valence electrons. The van der Waals surface area contributed by atoms with Gasteiger partial charge in [-0.25, -0.2) is 4.39 Å². The third-order valence-electron chi connectivity index (χ3n) is 3.09. The zero-order valence-corrected chi connectivity index (χ0v) is 12.8. The van der Waals surface area contributed by atoms with Crippen LogP contribution in [-0.2, 0) is 11.3 Å². The van der Waals surface area contributed by atoms with Gasteiger partial charge in [0.1, 0.15) is 5.82 Å². The lowest BCUT2D eigenvalue weighted by molar-refractivity contribution is -0.123. The molecule has 1 fully saturated rings. The molecule has 1 unspecified atom stereocenters. The molecule has 3 nitrogen and oxygen atoms in total. The molecule has 2 N–H and O–H groups in total. The molecule has 1 aromatic carbocycles. The van der Waals surface area contributed by atoms with E-state index in [0.29, 0.717) is 6.54 Å². The molecule has 0 aromatic heterocycles. The molecule has 0 aliphatic carbocycles. The van der Waals surface area contributed by atoms with Gasteiger partial charge in [0.2, 0.25) is 5.91 Å². The molecular weight excluding hydrogens is 335 g/mol. The van der Waals surface area contributed by atoms with Crippen molar-refractivity contribution in [2.24, 2.45) is 0 Å². The summed E-state index contributed by atoms with van der Waals surface area (Å²) < 4.78 is 13.9. The molecule has 1 saturated heterocycles. The van der Waals surface area contributed by atoms with E-state index in [1.54, 1.807) is 6.07 Å². The Morgan fingerprint density at radius 2 is 2.26 bits per heavy atom. The van der Waals surface area contributed by atoms with E-state index >= 15 is 0 Å². The van der Waals surface area contributed by atoms with Crippen molar-refractivity contribution in [3.63, 3.8) is 0 Å². The minimum absolute atomic E-state index is 0. The second kappa shape index (κ2) is 7.82. The van der Waals surface area contributed by atoms with Crippen LogP contribution in [0.3, 0.4) is 0 Å². The van der Waals surface area contributed by atoms with Crippen molar-refractivity contribution in [1.82, 2.24) is 10.6 Å². The predicted molar refractivity (Wildman–Crippen MR) is 78.8 cm³/mol. The fourth-order valence-corrected chi connectivity index (χ4v) is 2.45. The summed E-state index contributed by atoms with van der Waals surface area (Å²) >= 11 is 3.34. The summed E-state index contributed by atoms with van der Waals surface area (Å²) in [5, 5.41) is 6.02. The number of piperidine rings is 1. The van der Waals surface area contributed by atoms with Crippen LogP contribution in [0.2, 0.25) is 0 Å². The number of benzene rings is 1. The van der Waals surface area contributed by atoms with Crippen molar-refractivity contribution in [2.45, 2.75) is 31.8 Å². The Morgan fingerprint density at radius 1 is 1.47 bits per heavy atom. The topological polar surface area (TPSA) is 41.1 Å². The van der Waals surface area contributed by atoms with E-state index in [4.69, 9.17) is 0 Å². The van der Waals surface area contributed by atoms with Gasteiger partial charge in [-0.2, -0.15) is 0 Å². The second-order valence-electron chi connectivity index (χ2n) is 4.46. The Labute approximate surface area is 126 Å². The SMILES string of the molecule is Cl.O=C(NCc1cc(F)ccc1Br)C1CCCCN1. The molecule has 1 aliphatic heterocycles. The van der Waals surface area contributed by atoms with Crippen LogP contribution in [0.15, 0.2) is 22.7 Å². The Kier molecular flexibility index (Phi) is 6.75. The first-order valence-corrected chi connectivity index (χ1v) is 6.91. The quantitative estimate of drug-likeness (QED) is 0.879. The van der Waals surface area contributed by atoms with Crippen molar-refractivity contribution in [3.05, 3.63) is 34.1 Å². The number of halogens is 3. The van der Waals surface area contributed by atoms with Gasteiger partial charge in [0.15, 0.2) is 0 Å². The maximum atomic E-state index is 13.1. The largest absolute Gasteiger partial charge is 0.351 e. The van der Waals surface area contributed by atoms with Gasteiger partial charge in [0, 0.05) is 11.0 Å². The number of amides is 1. The highest BCUT2D eigenvalue weighted by molar-refractivity contribution is 9.10. The molecule has 0 spiro atoms. The number of carbonyl (C=O) groups is 1. The molecule has 19 heavy (non-hydrogen) atoms. The predicted octanol–water partition coefficient (Wildman–Crippen LogP) is 2.77. The van der Waals surface area contributed by atoms with E-state index in [2.05, 4.69) is 26.6 Å². The van der Waals surface area contributed by atoms with Gasteiger partial charge in [-0.1, -0.05) is 22.4 Å². The summed E-state index contributed by atoms with van der Waals surface area (Å²) in [6.07, 6.45) is 3.07. The maximum absolute atomic E-state index is 13.1. The Bertz CT molecular complexity index is 439. The normalized spacial score (nSPS) is 18.5. The average molecular weight is 352 g/mol. The molecule has 1 atom stereocenters. The fraction of sp³-hybridized carbons (Fsp3) is 0.462. The highest BCUT2D eigenvalue weighted by Crippen LogP contribution is 2.17. The second-order valence-corrected chi connectivity index (χ2v) is 5.31. The third-order valence-corrected chi connectivity index (χ3v) is 3.86. The maximum Gasteiger partial charge on any atom is 0.237 e. The smallest absolute Gasteiger partial charge is 0.237 e. The molecule has 0 saturated carbocycles. The van der Waals surface area contributed by atoms with Crippen LogP contribution in [0.5, 0.6) is 0 Å². The highest BCUT2D eigenvalue weighted by atomic mass is 79.9. The van der Waals surface area contributed by atoms with Crippen LogP contribution < -0.4 is 10.6 Å². The lowest BCUT2D eigenvalue weighted by Gasteiger charge is -2.22. The molecule has 1 aromatic rings. The molecule has 1 heterocycles. The van der Waals surface area contributed by atoms with E-state index in [0.717, 1.165) is 35.8 Å². The standard InChI is InChI=1S/C13H16BrFN2O.ClH/c14-11-5-4-10(15)7-9(11)8-17-13(18)12-3-1-2-6-16-12;/h4-5,7,12,16H,1-3,6,8H2,(H,17,18);1H. The molecule has 1 amide bonds.